The fourth-order valence-corrected chi connectivity index (χ4v) is 3.48. The first kappa shape index (κ1) is 19.1. The standard InChI is InChI=1S/C19H25N3O2S/c1-14(23)21-16(18-10-7-11-25-18)12-19(24)20-13-17(22(2)3)15-8-5-4-6-9-15/h4-11,16-17H,12-13H2,1-3H3,(H,20,24)(H,21,23)/t16-,17-/m0/s1. The number of hydrogen-bond donors (Lipinski definition) is 2. The van der Waals surface area contributed by atoms with Crippen molar-refractivity contribution in [1.29, 1.82) is 0 Å². The number of amides is 2. The fraction of sp³-hybridized carbons (Fsp3) is 0.368. The minimum Gasteiger partial charge on any atom is -0.354 e. The average Bonchev–Trinajstić information content (AvgIpc) is 3.09. The van der Waals surface area contributed by atoms with Gasteiger partial charge in [-0.05, 0) is 31.1 Å². The number of carbonyl (C=O) groups excluding carboxylic acids is 2. The van der Waals surface area contributed by atoms with Crippen molar-refractivity contribution < 1.29 is 9.59 Å². The number of thiophene rings is 1. The predicted octanol–water partition coefficient (Wildman–Crippen LogP) is 2.73. The van der Waals surface area contributed by atoms with Gasteiger partial charge in [0.1, 0.15) is 0 Å². The molecule has 2 rings (SSSR count). The molecule has 2 aromatic rings. The SMILES string of the molecule is CC(=O)N[C@@H](CC(=O)NC[C@@H](c1ccccc1)N(C)C)c1cccs1. The molecule has 2 atom stereocenters. The summed E-state index contributed by atoms with van der Waals surface area (Å²) in [5, 5.41) is 7.80. The van der Waals surface area contributed by atoms with E-state index in [0.29, 0.717) is 6.54 Å². The Hall–Kier alpha value is -2.18. The zero-order valence-electron chi connectivity index (χ0n) is 14.9. The van der Waals surface area contributed by atoms with Gasteiger partial charge in [0, 0.05) is 18.3 Å². The molecule has 0 bridgehead atoms. The number of likely N-dealkylation sites (N-methyl/N-ethyl adjacent to an activating group) is 1. The summed E-state index contributed by atoms with van der Waals surface area (Å²) in [6.07, 6.45) is 0.231. The number of carbonyl (C=O) groups is 2. The Morgan fingerprint density at radius 1 is 1.12 bits per heavy atom. The topological polar surface area (TPSA) is 61.4 Å². The molecule has 2 N–H and O–H groups in total. The smallest absolute Gasteiger partial charge is 0.222 e. The molecule has 0 unspecified atom stereocenters. The predicted molar refractivity (Wildman–Crippen MR) is 101 cm³/mol. The van der Waals surface area contributed by atoms with E-state index in [-0.39, 0.29) is 30.3 Å². The van der Waals surface area contributed by atoms with Gasteiger partial charge in [0.25, 0.3) is 0 Å². The zero-order valence-corrected chi connectivity index (χ0v) is 15.7. The van der Waals surface area contributed by atoms with Crippen LogP contribution >= 0.6 is 11.3 Å². The van der Waals surface area contributed by atoms with Gasteiger partial charge >= 0.3 is 0 Å². The molecule has 0 aliphatic heterocycles. The normalized spacial score (nSPS) is 13.3. The summed E-state index contributed by atoms with van der Waals surface area (Å²) in [5.74, 6) is -0.211. The van der Waals surface area contributed by atoms with Gasteiger partial charge in [0.15, 0.2) is 0 Å². The Bertz CT molecular complexity index is 671. The van der Waals surface area contributed by atoms with Crippen molar-refractivity contribution in [2.24, 2.45) is 0 Å². The molecule has 6 heteroatoms. The lowest BCUT2D eigenvalue weighted by molar-refractivity contribution is -0.122. The third-order valence-electron chi connectivity index (χ3n) is 3.95. The van der Waals surface area contributed by atoms with Crippen molar-refractivity contribution in [1.82, 2.24) is 15.5 Å². The van der Waals surface area contributed by atoms with Crippen LogP contribution in [0, 0.1) is 0 Å². The van der Waals surface area contributed by atoms with Crippen LogP contribution in [0.5, 0.6) is 0 Å². The highest BCUT2D eigenvalue weighted by molar-refractivity contribution is 7.10. The second kappa shape index (κ2) is 9.34. The maximum Gasteiger partial charge on any atom is 0.222 e. The van der Waals surface area contributed by atoms with Gasteiger partial charge in [0.05, 0.1) is 18.5 Å². The van der Waals surface area contributed by atoms with Crippen LogP contribution < -0.4 is 10.6 Å². The highest BCUT2D eigenvalue weighted by atomic mass is 32.1. The number of nitrogens with one attached hydrogen (secondary N) is 2. The van der Waals surface area contributed by atoms with Crippen LogP contribution in [-0.4, -0.2) is 37.4 Å². The van der Waals surface area contributed by atoms with E-state index in [2.05, 4.69) is 27.7 Å². The van der Waals surface area contributed by atoms with E-state index in [1.54, 1.807) is 0 Å². The van der Waals surface area contributed by atoms with Gasteiger partial charge in [0.2, 0.25) is 11.8 Å². The Morgan fingerprint density at radius 3 is 2.40 bits per heavy atom. The Balaban J connectivity index is 1.96. The first-order chi connectivity index (χ1) is 12.0. The van der Waals surface area contributed by atoms with Crippen LogP contribution in [0.4, 0.5) is 0 Å². The Labute approximate surface area is 153 Å². The molecule has 0 saturated carbocycles. The number of benzene rings is 1. The summed E-state index contributed by atoms with van der Waals surface area (Å²) in [7, 11) is 3.99. The molecule has 0 spiro atoms. The lowest BCUT2D eigenvalue weighted by atomic mass is 10.1. The van der Waals surface area contributed by atoms with Crippen molar-refractivity contribution in [2.75, 3.05) is 20.6 Å². The summed E-state index contributed by atoms with van der Waals surface area (Å²) in [4.78, 5) is 26.9. The first-order valence-corrected chi connectivity index (χ1v) is 9.14. The summed E-state index contributed by atoms with van der Waals surface area (Å²) in [6, 6.07) is 13.8. The second-order valence-electron chi connectivity index (χ2n) is 6.17. The third kappa shape index (κ3) is 5.99. The van der Waals surface area contributed by atoms with Gasteiger partial charge in [-0.15, -0.1) is 11.3 Å². The van der Waals surface area contributed by atoms with Crippen molar-refractivity contribution >= 4 is 23.2 Å². The molecule has 1 aromatic carbocycles. The molecule has 5 nitrogen and oxygen atoms in total. The third-order valence-corrected chi connectivity index (χ3v) is 4.94. The lowest BCUT2D eigenvalue weighted by Gasteiger charge is -2.25. The zero-order chi connectivity index (χ0) is 18.2. The van der Waals surface area contributed by atoms with E-state index in [1.165, 1.54) is 18.3 Å². The Kier molecular flexibility index (Phi) is 7.16. The summed E-state index contributed by atoms with van der Waals surface area (Å²) in [5.41, 5.74) is 1.16. The van der Waals surface area contributed by atoms with Crippen molar-refractivity contribution in [2.45, 2.75) is 25.4 Å². The minimum atomic E-state index is -0.285. The minimum absolute atomic E-state index is 0.0741. The molecular formula is C19H25N3O2S. The molecule has 0 radical (unpaired) electrons. The number of hydrogen-bond acceptors (Lipinski definition) is 4. The van der Waals surface area contributed by atoms with E-state index in [1.807, 2.05) is 49.8 Å². The number of rotatable bonds is 8. The van der Waals surface area contributed by atoms with Crippen LogP contribution in [0.3, 0.4) is 0 Å². The quantitative estimate of drug-likeness (QED) is 0.762. The van der Waals surface area contributed by atoms with E-state index < -0.39 is 0 Å². The van der Waals surface area contributed by atoms with Gasteiger partial charge in [-0.25, -0.2) is 0 Å². The largest absolute Gasteiger partial charge is 0.354 e. The summed E-state index contributed by atoms with van der Waals surface area (Å²) < 4.78 is 0. The molecule has 0 saturated heterocycles. The van der Waals surface area contributed by atoms with Crippen LogP contribution in [0.2, 0.25) is 0 Å². The van der Waals surface area contributed by atoms with Gasteiger partial charge in [-0.3, -0.25) is 9.59 Å². The van der Waals surface area contributed by atoms with E-state index in [9.17, 15) is 9.59 Å². The molecule has 0 aliphatic carbocycles. The molecule has 134 valence electrons. The lowest BCUT2D eigenvalue weighted by Crippen LogP contribution is -2.37. The van der Waals surface area contributed by atoms with Crippen molar-refractivity contribution in [3.8, 4) is 0 Å². The van der Waals surface area contributed by atoms with Gasteiger partial charge < -0.3 is 15.5 Å². The average molecular weight is 359 g/mol. The second-order valence-corrected chi connectivity index (χ2v) is 7.15. The van der Waals surface area contributed by atoms with Gasteiger partial charge in [-0.2, -0.15) is 0 Å². The Morgan fingerprint density at radius 2 is 1.84 bits per heavy atom. The van der Waals surface area contributed by atoms with Crippen LogP contribution in [0.15, 0.2) is 47.8 Å². The molecule has 0 aliphatic rings. The summed E-state index contributed by atoms with van der Waals surface area (Å²) >= 11 is 1.54. The van der Waals surface area contributed by atoms with Crippen LogP contribution in [0.25, 0.3) is 0 Å². The maximum absolute atomic E-state index is 12.4. The highest BCUT2D eigenvalue weighted by Gasteiger charge is 2.20. The molecule has 0 fully saturated rings. The monoisotopic (exact) mass is 359 g/mol. The fourth-order valence-electron chi connectivity index (χ4n) is 2.70. The molecule has 2 amide bonds. The highest BCUT2D eigenvalue weighted by Crippen LogP contribution is 2.22. The van der Waals surface area contributed by atoms with E-state index in [0.717, 1.165) is 10.4 Å². The number of nitrogens with zero attached hydrogens (tertiary/aromatic N) is 1. The van der Waals surface area contributed by atoms with Crippen LogP contribution in [0.1, 0.15) is 35.9 Å². The van der Waals surface area contributed by atoms with E-state index in [4.69, 9.17) is 0 Å². The molecule has 1 aromatic heterocycles. The maximum atomic E-state index is 12.4. The summed E-state index contributed by atoms with van der Waals surface area (Å²) in [6.45, 7) is 1.99. The van der Waals surface area contributed by atoms with E-state index >= 15 is 0 Å². The van der Waals surface area contributed by atoms with Crippen molar-refractivity contribution in [3.05, 3.63) is 58.3 Å². The molecular weight excluding hydrogens is 334 g/mol. The van der Waals surface area contributed by atoms with Gasteiger partial charge in [-0.1, -0.05) is 36.4 Å². The molecule has 25 heavy (non-hydrogen) atoms. The first-order valence-electron chi connectivity index (χ1n) is 8.26. The van der Waals surface area contributed by atoms with Crippen LogP contribution in [-0.2, 0) is 9.59 Å². The van der Waals surface area contributed by atoms with Crippen molar-refractivity contribution in [3.63, 3.8) is 0 Å². The molecule has 1 heterocycles.